The van der Waals surface area contributed by atoms with E-state index in [0.29, 0.717) is 18.2 Å². The molecule has 3 rings (SSSR count). The molecule has 6 heteroatoms. The van der Waals surface area contributed by atoms with Gasteiger partial charge in [-0.1, -0.05) is 24.4 Å². The molecule has 1 N–H and O–H groups in total. The highest BCUT2D eigenvalue weighted by Gasteiger charge is 2.33. The lowest BCUT2D eigenvalue weighted by atomic mass is 9.87. The summed E-state index contributed by atoms with van der Waals surface area (Å²) >= 11 is 0. The molecule has 1 aromatic heterocycles. The van der Waals surface area contributed by atoms with Gasteiger partial charge in [-0.05, 0) is 12.8 Å². The molecule has 1 aliphatic carbocycles. The molecule has 0 unspecified atom stereocenters. The van der Waals surface area contributed by atoms with Crippen LogP contribution in [0.15, 0.2) is 10.6 Å². The largest absolute Gasteiger partial charge is 0.447 e. The molecule has 1 amide bonds. The van der Waals surface area contributed by atoms with Crippen LogP contribution in [0.4, 0.5) is 4.79 Å². The molecule has 1 saturated carbocycles. The van der Waals surface area contributed by atoms with E-state index in [1.54, 1.807) is 0 Å². The molecule has 2 aliphatic rings. The van der Waals surface area contributed by atoms with Gasteiger partial charge in [0.1, 0.15) is 6.61 Å². The Kier molecular flexibility index (Phi) is 3.91. The Morgan fingerprint density at radius 1 is 1.35 bits per heavy atom. The monoisotopic (exact) mass is 280 g/mol. The van der Waals surface area contributed by atoms with Crippen LogP contribution in [0.25, 0.3) is 0 Å². The Labute approximate surface area is 117 Å². The Hall–Kier alpha value is -1.56. The second kappa shape index (κ2) is 5.83. The topological polar surface area (TPSA) is 75.8 Å². The van der Waals surface area contributed by atoms with Gasteiger partial charge in [0, 0.05) is 12.0 Å². The number of hydrogen-bond donors (Lipinski definition) is 1. The number of carbonyl (C=O) groups excluding carboxylic acids is 1. The normalized spacial score (nSPS) is 24.1. The summed E-state index contributed by atoms with van der Waals surface area (Å²) in [6, 6.07) is 1.65. The number of nitrogens with zero attached hydrogens (tertiary/aromatic N) is 2. The summed E-state index contributed by atoms with van der Waals surface area (Å²) in [6.07, 6.45) is 5.72. The predicted molar refractivity (Wildman–Crippen MR) is 70.1 cm³/mol. The van der Waals surface area contributed by atoms with Crippen molar-refractivity contribution in [1.29, 1.82) is 0 Å². The maximum atomic E-state index is 11.6. The van der Waals surface area contributed by atoms with Crippen molar-refractivity contribution in [3.63, 3.8) is 0 Å². The molecule has 0 aromatic carbocycles. The molecule has 1 saturated heterocycles. The van der Waals surface area contributed by atoms with Gasteiger partial charge in [0.05, 0.1) is 24.9 Å². The fourth-order valence-electron chi connectivity index (χ4n) is 3.00. The molecule has 1 aromatic rings. The average molecular weight is 280 g/mol. The van der Waals surface area contributed by atoms with Crippen molar-refractivity contribution in [1.82, 2.24) is 10.1 Å². The molecule has 0 radical (unpaired) electrons. The highest BCUT2D eigenvalue weighted by atomic mass is 16.6. The first-order valence-corrected chi connectivity index (χ1v) is 7.27. The minimum atomic E-state index is -0.403. The standard InChI is InChI=1S/C14H20N2O4/c17-8-11-9-19-14(18)16(11)7-12-6-13(15-20-12)10-4-2-1-3-5-10/h6,10-11,17H,1-5,7-9H2/t11-/m0/s1. The van der Waals surface area contributed by atoms with E-state index in [0.717, 1.165) is 18.5 Å². The van der Waals surface area contributed by atoms with E-state index in [-0.39, 0.29) is 19.3 Å². The van der Waals surface area contributed by atoms with Crippen LogP contribution < -0.4 is 0 Å². The van der Waals surface area contributed by atoms with Crippen LogP contribution in [0.2, 0.25) is 0 Å². The lowest BCUT2D eigenvalue weighted by Gasteiger charge is -2.18. The number of aromatic nitrogens is 1. The smallest absolute Gasteiger partial charge is 0.410 e. The van der Waals surface area contributed by atoms with E-state index >= 15 is 0 Å². The van der Waals surface area contributed by atoms with Gasteiger partial charge < -0.3 is 14.4 Å². The van der Waals surface area contributed by atoms with E-state index in [2.05, 4.69) is 5.16 Å². The van der Waals surface area contributed by atoms with Crippen LogP contribution in [-0.2, 0) is 11.3 Å². The molecular weight excluding hydrogens is 260 g/mol. The number of hydrogen-bond acceptors (Lipinski definition) is 5. The first kappa shape index (κ1) is 13.4. The van der Waals surface area contributed by atoms with E-state index in [1.807, 2.05) is 6.07 Å². The Balaban J connectivity index is 1.66. The minimum Gasteiger partial charge on any atom is -0.447 e. The van der Waals surface area contributed by atoms with Crippen LogP contribution in [0.3, 0.4) is 0 Å². The quantitative estimate of drug-likeness (QED) is 0.913. The lowest BCUT2D eigenvalue weighted by molar-refractivity contribution is 0.145. The first-order valence-electron chi connectivity index (χ1n) is 7.27. The zero-order chi connectivity index (χ0) is 13.9. The van der Waals surface area contributed by atoms with E-state index in [9.17, 15) is 9.90 Å². The lowest BCUT2D eigenvalue weighted by Crippen LogP contribution is -2.35. The molecule has 2 fully saturated rings. The SMILES string of the molecule is O=C1OC[C@H](CO)N1Cc1cc(C2CCCCC2)no1. The van der Waals surface area contributed by atoms with Crippen molar-refractivity contribution < 1.29 is 19.2 Å². The number of cyclic esters (lactones) is 1. The number of carbonyl (C=O) groups is 1. The van der Waals surface area contributed by atoms with Crippen LogP contribution in [0, 0.1) is 0 Å². The minimum absolute atomic E-state index is 0.102. The summed E-state index contributed by atoms with van der Waals surface area (Å²) in [5.74, 6) is 1.14. The molecule has 1 atom stereocenters. The number of rotatable bonds is 4. The van der Waals surface area contributed by atoms with Gasteiger partial charge in [0.15, 0.2) is 5.76 Å². The highest BCUT2D eigenvalue weighted by molar-refractivity contribution is 5.70. The summed E-state index contributed by atoms with van der Waals surface area (Å²) in [4.78, 5) is 13.1. The molecule has 0 spiro atoms. The zero-order valence-electron chi connectivity index (χ0n) is 11.5. The van der Waals surface area contributed by atoms with Crippen LogP contribution >= 0.6 is 0 Å². The number of aliphatic hydroxyl groups is 1. The zero-order valence-corrected chi connectivity index (χ0v) is 11.5. The van der Waals surface area contributed by atoms with Crippen molar-refractivity contribution in [2.45, 2.75) is 50.6 Å². The molecular formula is C14H20N2O4. The van der Waals surface area contributed by atoms with E-state index in [1.165, 1.54) is 24.2 Å². The molecule has 1 aliphatic heterocycles. The van der Waals surface area contributed by atoms with E-state index < -0.39 is 6.09 Å². The molecule has 20 heavy (non-hydrogen) atoms. The summed E-state index contributed by atoms with van der Waals surface area (Å²) in [5.41, 5.74) is 0.993. The second-order valence-electron chi connectivity index (χ2n) is 5.59. The summed E-state index contributed by atoms with van der Waals surface area (Å²) in [5, 5.41) is 13.4. The van der Waals surface area contributed by atoms with Gasteiger partial charge in [0.25, 0.3) is 0 Å². The first-order chi connectivity index (χ1) is 9.78. The maximum absolute atomic E-state index is 11.6. The fraction of sp³-hybridized carbons (Fsp3) is 0.714. The van der Waals surface area contributed by atoms with Crippen LogP contribution in [0.1, 0.15) is 49.5 Å². The Morgan fingerprint density at radius 3 is 2.90 bits per heavy atom. The molecule has 6 nitrogen and oxygen atoms in total. The molecule has 2 heterocycles. The third-order valence-corrected chi connectivity index (χ3v) is 4.21. The molecule has 0 bridgehead atoms. The van der Waals surface area contributed by atoms with Crippen molar-refractivity contribution >= 4 is 6.09 Å². The summed E-state index contributed by atoms with van der Waals surface area (Å²) in [7, 11) is 0. The predicted octanol–water partition coefficient (Wildman–Crippen LogP) is 2.04. The highest BCUT2D eigenvalue weighted by Crippen LogP contribution is 2.32. The third kappa shape index (κ3) is 2.65. The fourth-order valence-corrected chi connectivity index (χ4v) is 3.00. The number of ether oxygens (including phenoxy) is 1. The van der Waals surface area contributed by atoms with Crippen LogP contribution in [-0.4, -0.2) is 40.5 Å². The van der Waals surface area contributed by atoms with Crippen molar-refractivity contribution in [3.8, 4) is 0 Å². The van der Waals surface area contributed by atoms with Crippen molar-refractivity contribution in [3.05, 3.63) is 17.5 Å². The average Bonchev–Trinajstić information content (AvgIpc) is 3.08. The van der Waals surface area contributed by atoms with Gasteiger partial charge in [-0.15, -0.1) is 0 Å². The Morgan fingerprint density at radius 2 is 2.15 bits per heavy atom. The summed E-state index contributed by atoms with van der Waals surface area (Å²) in [6.45, 7) is 0.443. The number of aliphatic hydroxyl groups excluding tert-OH is 1. The number of amides is 1. The van der Waals surface area contributed by atoms with Crippen molar-refractivity contribution in [2.75, 3.05) is 13.2 Å². The third-order valence-electron chi connectivity index (χ3n) is 4.21. The van der Waals surface area contributed by atoms with Gasteiger partial charge in [-0.25, -0.2) is 4.79 Å². The van der Waals surface area contributed by atoms with E-state index in [4.69, 9.17) is 9.26 Å². The van der Waals surface area contributed by atoms with Gasteiger partial charge in [-0.3, -0.25) is 4.90 Å². The van der Waals surface area contributed by atoms with Gasteiger partial charge >= 0.3 is 6.09 Å². The van der Waals surface area contributed by atoms with Gasteiger partial charge in [-0.2, -0.15) is 0 Å². The maximum Gasteiger partial charge on any atom is 0.410 e. The van der Waals surface area contributed by atoms with Crippen LogP contribution in [0.5, 0.6) is 0 Å². The summed E-state index contributed by atoms with van der Waals surface area (Å²) < 4.78 is 10.3. The van der Waals surface area contributed by atoms with Gasteiger partial charge in [0.2, 0.25) is 0 Å². The molecule has 110 valence electrons. The Bertz CT molecular complexity index is 467. The van der Waals surface area contributed by atoms with Crippen molar-refractivity contribution in [2.24, 2.45) is 0 Å². The second-order valence-corrected chi connectivity index (χ2v) is 5.59.